The molecule has 0 saturated carbocycles. The van der Waals surface area contributed by atoms with Gasteiger partial charge in [-0.05, 0) is 70.9 Å². The van der Waals surface area contributed by atoms with Crippen LogP contribution < -0.4 is 5.32 Å². The van der Waals surface area contributed by atoms with Gasteiger partial charge in [0.2, 0.25) is 0 Å². The minimum atomic E-state index is 0.881. The van der Waals surface area contributed by atoms with E-state index in [-0.39, 0.29) is 0 Å². The number of rotatable bonds is 4. The highest BCUT2D eigenvalue weighted by Gasteiger charge is 2.16. The Bertz CT molecular complexity index is 351. The average Bonchev–Trinajstić information content (AvgIpc) is 2.60. The first-order valence-corrected chi connectivity index (χ1v) is 7.42. The van der Waals surface area contributed by atoms with E-state index in [2.05, 4.69) is 37.2 Å². The first-order chi connectivity index (χ1) is 8.15. The van der Waals surface area contributed by atoms with E-state index in [1.807, 2.05) is 11.3 Å². The van der Waals surface area contributed by atoms with Crippen molar-refractivity contribution >= 4 is 11.3 Å². The number of nitrogens with one attached hydrogen (secondary N) is 1. The average molecular weight is 252 g/mol. The molecule has 0 aliphatic carbocycles. The zero-order chi connectivity index (χ0) is 12.3. The topological polar surface area (TPSA) is 15.3 Å². The third-order valence-electron chi connectivity index (χ3n) is 3.73. The Morgan fingerprint density at radius 3 is 2.65 bits per heavy atom. The third-order valence-corrected chi connectivity index (χ3v) is 4.74. The zero-order valence-electron chi connectivity index (χ0n) is 11.3. The summed E-state index contributed by atoms with van der Waals surface area (Å²) in [5, 5.41) is 3.63. The minimum Gasteiger partial charge on any atom is -0.312 e. The molecule has 0 radical (unpaired) electrons. The summed E-state index contributed by atoms with van der Waals surface area (Å²) >= 11 is 1.91. The zero-order valence-corrected chi connectivity index (χ0v) is 12.1. The summed E-state index contributed by atoms with van der Waals surface area (Å²) < 4.78 is 0. The van der Waals surface area contributed by atoms with E-state index in [0.29, 0.717) is 0 Å². The van der Waals surface area contributed by atoms with Gasteiger partial charge in [0.05, 0.1) is 0 Å². The van der Waals surface area contributed by atoms with Crippen molar-refractivity contribution in [1.29, 1.82) is 0 Å². The van der Waals surface area contributed by atoms with Crippen LogP contribution in [-0.4, -0.2) is 31.6 Å². The molecule has 0 atom stereocenters. The molecule has 0 bridgehead atoms. The van der Waals surface area contributed by atoms with Crippen LogP contribution >= 0.6 is 11.3 Å². The minimum absolute atomic E-state index is 0.881. The highest BCUT2D eigenvalue weighted by atomic mass is 32.1. The Balaban J connectivity index is 1.71. The third kappa shape index (κ3) is 3.80. The van der Waals surface area contributed by atoms with Crippen LogP contribution in [0, 0.1) is 19.8 Å². The van der Waals surface area contributed by atoms with Crippen LogP contribution in [0.25, 0.3) is 0 Å². The van der Waals surface area contributed by atoms with Crippen LogP contribution in [0.4, 0.5) is 0 Å². The van der Waals surface area contributed by atoms with E-state index in [4.69, 9.17) is 0 Å². The largest absolute Gasteiger partial charge is 0.312 e. The smallest absolute Gasteiger partial charge is 0.0216 e. The fourth-order valence-electron chi connectivity index (χ4n) is 2.54. The highest BCUT2D eigenvalue weighted by molar-refractivity contribution is 7.12. The molecule has 1 aromatic rings. The number of nitrogens with zero attached hydrogens (tertiary/aromatic N) is 1. The molecule has 96 valence electrons. The Labute approximate surface area is 109 Å². The van der Waals surface area contributed by atoms with E-state index in [0.717, 1.165) is 12.5 Å². The molecule has 2 rings (SSSR count). The molecule has 1 fully saturated rings. The summed E-state index contributed by atoms with van der Waals surface area (Å²) in [4.78, 5) is 5.33. The van der Waals surface area contributed by atoms with Crippen LogP contribution in [0.1, 0.15) is 28.2 Å². The lowest BCUT2D eigenvalue weighted by molar-refractivity contribution is 0.216. The Morgan fingerprint density at radius 1 is 1.35 bits per heavy atom. The van der Waals surface area contributed by atoms with Crippen LogP contribution in [0.3, 0.4) is 0 Å². The molecule has 1 N–H and O–H groups in total. The van der Waals surface area contributed by atoms with Gasteiger partial charge in [-0.2, -0.15) is 0 Å². The second-order valence-electron chi connectivity index (χ2n) is 5.32. The number of aryl methyl sites for hydroxylation is 2. The summed E-state index contributed by atoms with van der Waals surface area (Å²) in [7, 11) is 2.22. The summed E-state index contributed by atoms with van der Waals surface area (Å²) in [5.41, 5.74) is 1.49. The summed E-state index contributed by atoms with van der Waals surface area (Å²) in [6.07, 6.45) is 2.70. The molecule has 0 amide bonds. The molecule has 2 heterocycles. The number of thiophene rings is 1. The van der Waals surface area contributed by atoms with Gasteiger partial charge in [-0.15, -0.1) is 11.3 Å². The summed E-state index contributed by atoms with van der Waals surface area (Å²) in [6, 6.07) is 2.32. The van der Waals surface area contributed by atoms with Gasteiger partial charge in [-0.3, -0.25) is 0 Å². The molecule has 0 unspecified atom stereocenters. The molecule has 17 heavy (non-hydrogen) atoms. The molecule has 1 aliphatic heterocycles. The van der Waals surface area contributed by atoms with Crippen molar-refractivity contribution in [2.45, 2.75) is 33.2 Å². The number of hydrogen-bond acceptors (Lipinski definition) is 3. The monoisotopic (exact) mass is 252 g/mol. The summed E-state index contributed by atoms with van der Waals surface area (Å²) in [6.45, 7) is 9.18. The van der Waals surface area contributed by atoms with Crippen molar-refractivity contribution in [3.8, 4) is 0 Å². The SMILES string of the molecule is Cc1cc(CNCC2CCN(C)CC2)c(C)s1. The Kier molecular flexibility index (Phi) is 4.60. The second kappa shape index (κ2) is 5.98. The predicted octanol–water partition coefficient (Wildman–Crippen LogP) is 2.80. The maximum absolute atomic E-state index is 3.63. The fraction of sp³-hybridized carbons (Fsp3) is 0.714. The fourth-order valence-corrected chi connectivity index (χ4v) is 3.48. The molecule has 1 saturated heterocycles. The van der Waals surface area contributed by atoms with Crippen LogP contribution in [0.5, 0.6) is 0 Å². The molecule has 1 aromatic heterocycles. The van der Waals surface area contributed by atoms with Gasteiger partial charge in [0, 0.05) is 16.3 Å². The van der Waals surface area contributed by atoms with Crippen molar-refractivity contribution in [2.24, 2.45) is 5.92 Å². The van der Waals surface area contributed by atoms with Crippen LogP contribution in [0.15, 0.2) is 6.07 Å². The van der Waals surface area contributed by atoms with Gasteiger partial charge in [0.25, 0.3) is 0 Å². The molecule has 1 aliphatic rings. The molecule has 2 nitrogen and oxygen atoms in total. The molecular formula is C14H24N2S. The lowest BCUT2D eigenvalue weighted by Crippen LogP contribution is -2.34. The van der Waals surface area contributed by atoms with Gasteiger partial charge in [0.15, 0.2) is 0 Å². The Morgan fingerprint density at radius 2 is 2.06 bits per heavy atom. The maximum Gasteiger partial charge on any atom is 0.0216 e. The predicted molar refractivity (Wildman–Crippen MR) is 75.7 cm³/mol. The molecule has 0 spiro atoms. The number of hydrogen-bond donors (Lipinski definition) is 1. The van der Waals surface area contributed by atoms with E-state index in [9.17, 15) is 0 Å². The lowest BCUT2D eigenvalue weighted by Gasteiger charge is -2.29. The van der Waals surface area contributed by atoms with Crippen molar-refractivity contribution in [2.75, 3.05) is 26.7 Å². The van der Waals surface area contributed by atoms with Gasteiger partial charge >= 0.3 is 0 Å². The number of piperidine rings is 1. The quantitative estimate of drug-likeness (QED) is 0.886. The van der Waals surface area contributed by atoms with Gasteiger partial charge in [-0.25, -0.2) is 0 Å². The van der Waals surface area contributed by atoms with E-state index < -0.39 is 0 Å². The van der Waals surface area contributed by atoms with E-state index in [1.165, 1.54) is 47.8 Å². The second-order valence-corrected chi connectivity index (χ2v) is 6.78. The lowest BCUT2D eigenvalue weighted by atomic mass is 9.97. The number of likely N-dealkylation sites (tertiary alicyclic amines) is 1. The normalized spacial score (nSPS) is 18.8. The van der Waals surface area contributed by atoms with E-state index >= 15 is 0 Å². The summed E-state index contributed by atoms with van der Waals surface area (Å²) in [5.74, 6) is 0.881. The van der Waals surface area contributed by atoms with Gasteiger partial charge in [0.1, 0.15) is 0 Å². The highest BCUT2D eigenvalue weighted by Crippen LogP contribution is 2.20. The van der Waals surface area contributed by atoms with Crippen molar-refractivity contribution in [3.05, 3.63) is 21.4 Å². The first-order valence-electron chi connectivity index (χ1n) is 6.60. The standard InChI is InChI=1S/C14H24N2S/c1-11-8-14(12(2)17-11)10-15-9-13-4-6-16(3)7-5-13/h8,13,15H,4-7,9-10H2,1-3H3. The van der Waals surface area contributed by atoms with Crippen molar-refractivity contribution in [3.63, 3.8) is 0 Å². The molecule has 0 aromatic carbocycles. The first kappa shape index (κ1) is 13.1. The molecular weight excluding hydrogens is 228 g/mol. The van der Waals surface area contributed by atoms with Gasteiger partial charge < -0.3 is 10.2 Å². The van der Waals surface area contributed by atoms with Crippen molar-refractivity contribution < 1.29 is 0 Å². The van der Waals surface area contributed by atoms with Crippen LogP contribution in [-0.2, 0) is 6.54 Å². The van der Waals surface area contributed by atoms with Gasteiger partial charge in [-0.1, -0.05) is 0 Å². The maximum atomic E-state index is 3.63. The van der Waals surface area contributed by atoms with Crippen LogP contribution in [0.2, 0.25) is 0 Å². The van der Waals surface area contributed by atoms with E-state index in [1.54, 1.807) is 0 Å². The Hall–Kier alpha value is -0.380. The molecule has 3 heteroatoms. The van der Waals surface area contributed by atoms with Crippen molar-refractivity contribution in [1.82, 2.24) is 10.2 Å².